The standard InChI is InChI=1S/C25H25ClN2O3/c1-3-31-23-9-5-8-20(24(23)29)22-15-21(16-10-12-18(26)13-11-16)27-25(28-22)17-6-4-7-19(14-17)30-2/h4-14,22,25,28-29H,3,15H2,1-2H3/t22-,25+/m0/s1. The largest absolute Gasteiger partial charge is 0.504 e. The van der Waals surface area contributed by atoms with E-state index in [2.05, 4.69) is 5.32 Å². The molecule has 0 aliphatic carbocycles. The first-order chi connectivity index (χ1) is 15.1. The molecule has 5 nitrogen and oxygen atoms in total. The monoisotopic (exact) mass is 436 g/mol. The Morgan fingerprint density at radius 3 is 2.61 bits per heavy atom. The van der Waals surface area contributed by atoms with Crippen molar-refractivity contribution in [3.63, 3.8) is 0 Å². The minimum atomic E-state index is -0.297. The second kappa shape index (κ2) is 9.41. The molecule has 2 atom stereocenters. The second-order valence-electron chi connectivity index (χ2n) is 7.31. The third-order valence-corrected chi connectivity index (χ3v) is 5.59. The third kappa shape index (κ3) is 4.68. The summed E-state index contributed by atoms with van der Waals surface area (Å²) in [4.78, 5) is 4.99. The normalized spacial score (nSPS) is 18.4. The van der Waals surface area contributed by atoms with Crippen LogP contribution < -0.4 is 14.8 Å². The molecule has 0 unspecified atom stereocenters. The van der Waals surface area contributed by atoms with Crippen molar-refractivity contribution >= 4 is 17.3 Å². The molecule has 1 heterocycles. The summed E-state index contributed by atoms with van der Waals surface area (Å²) in [6.07, 6.45) is 0.320. The fourth-order valence-corrected chi connectivity index (χ4v) is 3.92. The fourth-order valence-electron chi connectivity index (χ4n) is 3.80. The van der Waals surface area contributed by atoms with Crippen molar-refractivity contribution in [2.75, 3.05) is 13.7 Å². The highest BCUT2D eigenvalue weighted by atomic mass is 35.5. The van der Waals surface area contributed by atoms with Crippen molar-refractivity contribution in [1.29, 1.82) is 0 Å². The van der Waals surface area contributed by atoms with Crippen LogP contribution >= 0.6 is 11.6 Å². The highest BCUT2D eigenvalue weighted by Gasteiger charge is 2.28. The second-order valence-corrected chi connectivity index (χ2v) is 7.75. The molecule has 1 aliphatic heterocycles. The lowest BCUT2D eigenvalue weighted by Crippen LogP contribution is -2.33. The van der Waals surface area contributed by atoms with Gasteiger partial charge in [-0.15, -0.1) is 0 Å². The third-order valence-electron chi connectivity index (χ3n) is 5.33. The van der Waals surface area contributed by atoms with Crippen molar-refractivity contribution in [1.82, 2.24) is 5.32 Å². The molecule has 0 radical (unpaired) electrons. The van der Waals surface area contributed by atoms with Crippen LogP contribution in [-0.4, -0.2) is 24.5 Å². The van der Waals surface area contributed by atoms with Gasteiger partial charge >= 0.3 is 0 Å². The van der Waals surface area contributed by atoms with Gasteiger partial charge in [0.25, 0.3) is 0 Å². The predicted molar refractivity (Wildman–Crippen MR) is 123 cm³/mol. The van der Waals surface area contributed by atoms with Crippen molar-refractivity contribution < 1.29 is 14.6 Å². The van der Waals surface area contributed by atoms with E-state index in [4.69, 9.17) is 26.1 Å². The fraction of sp³-hybridized carbons (Fsp3) is 0.240. The number of phenolic OH excluding ortho intramolecular Hbond substituents is 1. The number of methoxy groups -OCH3 is 1. The molecule has 1 aliphatic rings. The lowest BCUT2D eigenvalue weighted by Gasteiger charge is -2.31. The Morgan fingerprint density at radius 2 is 1.87 bits per heavy atom. The summed E-state index contributed by atoms with van der Waals surface area (Å²) >= 11 is 6.09. The number of phenols is 1. The van der Waals surface area contributed by atoms with E-state index in [1.54, 1.807) is 13.2 Å². The van der Waals surface area contributed by atoms with Gasteiger partial charge in [0.15, 0.2) is 11.5 Å². The minimum Gasteiger partial charge on any atom is -0.504 e. The number of rotatable bonds is 6. The van der Waals surface area contributed by atoms with Gasteiger partial charge in [0.1, 0.15) is 11.9 Å². The minimum absolute atomic E-state index is 0.153. The SMILES string of the molecule is CCOc1cccc([C@@H]2CC(c3ccc(Cl)cc3)=N[C@@H](c3cccc(OC)c3)N2)c1O. The van der Waals surface area contributed by atoms with E-state index in [9.17, 15) is 5.11 Å². The van der Waals surface area contributed by atoms with Crippen LogP contribution in [0, 0.1) is 0 Å². The number of nitrogens with one attached hydrogen (secondary N) is 1. The lowest BCUT2D eigenvalue weighted by molar-refractivity contribution is 0.313. The van der Waals surface area contributed by atoms with Gasteiger partial charge in [-0.3, -0.25) is 10.3 Å². The van der Waals surface area contributed by atoms with E-state index in [1.165, 1.54) is 0 Å². The number of hydrogen-bond acceptors (Lipinski definition) is 5. The molecule has 0 aromatic heterocycles. The van der Waals surface area contributed by atoms with Crippen LogP contribution in [0.3, 0.4) is 0 Å². The van der Waals surface area contributed by atoms with Gasteiger partial charge in [0, 0.05) is 28.8 Å². The maximum atomic E-state index is 10.9. The predicted octanol–water partition coefficient (Wildman–Crippen LogP) is 5.68. The molecular weight excluding hydrogens is 412 g/mol. The first-order valence-corrected chi connectivity index (χ1v) is 10.6. The summed E-state index contributed by atoms with van der Waals surface area (Å²) in [5.74, 6) is 1.41. The zero-order valence-corrected chi connectivity index (χ0v) is 18.3. The highest BCUT2D eigenvalue weighted by molar-refractivity contribution is 6.30. The van der Waals surface area contributed by atoms with E-state index in [1.807, 2.05) is 67.6 Å². The Hall–Kier alpha value is -3.02. The first-order valence-electron chi connectivity index (χ1n) is 10.3. The number of hydrogen-bond donors (Lipinski definition) is 2. The van der Waals surface area contributed by atoms with Gasteiger partial charge < -0.3 is 14.6 Å². The van der Waals surface area contributed by atoms with Gasteiger partial charge in [-0.25, -0.2) is 0 Å². The topological polar surface area (TPSA) is 63.1 Å². The Morgan fingerprint density at radius 1 is 1.10 bits per heavy atom. The molecule has 4 rings (SSSR count). The summed E-state index contributed by atoms with van der Waals surface area (Å²) in [6.45, 7) is 2.38. The summed E-state index contributed by atoms with van der Waals surface area (Å²) in [5, 5.41) is 15.1. The van der Waals surface area contributed by atoms with Gasteiger partial charge in [-0.1, -0.05) is 48.0 Å². The number of ether oxygens (including phenoxy) is 2. The van der Waals surface area contributed by atoms with Gasteiger partial charge in [-0.2, -0.15) is 0 Å². The van der Waals surface area contributed by atoms with Crippen LogP contribution in [-0.2, 0) is 0 Å². The molecule has 0 saturated carbocycles. The molecule has 2 N–H and O–H groups in total. The molecule has 31 heavy (non-hydrogen) atoms. The first kappa shape index (κ1) is 21.2. The number of benzene rings is 3. The van der Waals surface area contributed by atoms with Gasteiger partial charge in [-0.05, 0) is 48.4 Å². The Kier molecular flexibility index (Phi) is 6.44. The quantitative estimate of drug-likeness (QED) is 0.522. The van der Waals surface area contributed by atoms with E-state index in [0.717, 1.165) is 28.2 Å². The van der Waals surface area contributed by atoms with Gasteiger partial charge in [0.2, 0.25) is 0 Å². The average molecular weight is 437 g/mol. The molecule has 3 aromatic rings. The van der Waals surface area contributed by atoms with Crippen molar-refractivity contribution in [3.05, 3.63) is 88.4 Å². The Balaban J connectivity index is 1.75. The molecule has 0 spiro atoms. The van der Waals surface area contributed by atoms with Crippen LogP contribution in [0.4, 0.5) is 0 Å². The smallest absolute Gasteiger partial charge is 0.162 e. The average Bonchev–Trinajstić information content (AvgIpc) is 2.81. The molecule has 6 heteroatoms. The Bertz CT molecular complexity index is 1080. The van der Waals surface area contributed by atoms with E-state index < -0.39 is 0 Å². The van der Waals surface area contributed by atoms with E-state index in [-0.39, 0.29) is 18.0 Å². The Labute approximate surface area is 187 Å². The van der Waals surface area contributed by atoms with Crippen molar-refractivity contribution in [2.45, 2.75) is 25.6 Å². The number of halogens is 1. The highest BCUT2D eigenvalue weighted by Crippen LogP contribution is 2.39. The van der Waals surface area contributed by atoms with Crippen LogP contribution in [0.15, 0.2) is 71.7 Å². The number of para-hydroxylation sites is 1. The van der Waals surface area contributed by atoms with Crippen molar-refractivity contribution in [3.8, 4) is 17.2 Å². The van der Waals surface area contributed by atoms with Crippen LogP contribution in [0.5, 0.6) is 17.2 Å². The molecule has 0 bridgehead atoms. The van der Waals surface area contributed by atoms with Crippen LogP contribution in [0.25, 0.3) is 0 Å². The van der Waals surface area contributed by atoms with Crippen LogP contribution in [0.1, 0.15) is 42.2 Å². The van der Waals surface area contributed by atoms with Gasteiger partial charge in [0.05, 0.1) is 13.7 Å². The number of nitrogens with zero attached hydrogens (tertiary/aromatic N) is 1. The summed E-state index contributed by atoms with van der Waals surface area (Å²) in [7, 11) is 1.65. The molecule has 0 fully saturated rings. The van der Waals surface area contributed by atoms with E-state index >= 15 is 0 Å². The number of aliphatic imine (C=N–C) groups is 1. The molecule has 0 amide bonds. The maximum absolute atomic E-state index is 10.9. The summed E-state index contributed by atoms with van der Waals surface area (Å²) < 4.78 is 11.0. The van der Waals surface area contributed by atoms with E-state index in [0.29, 0.717) is 23.8 Å². The molecule has 0 saturated heterocycles. The maximum Gasteiger partial charge on any atom is 0.162 e. The molecule has 160 valence electrons. The number of aromatic hydroxyl groups is 1. The summed E-state index contributed by atoms with van der Waals surface area (Å²) in [6, 6.07) is 21.0. The molecular formula is C25H25ClN2O3. The van der Waals surface area contributed by atoms with Crippen LogP contribution in [0.2, 0.25) is 5.02 Å². The summed E-state index contributed by atoms with van der Waals surface area (Å²) in [5.41, 5.74) is 3.70. The lowest BCUT2D eigenvalue weighted by atomic mass is 9.93. The zero-order valence-electron chi connectivity index (χ0n) is 17.5. The van der Waals surface area contributed by atoms with Crippen molar-refractivity contribution in [2.24, 2.45) is 4.99 Å². The molecule has 3 aromatic carbocycles. The zero-order chi connectivity index (χ0) is 21.8.